The van der Waals surface area contributed by atoms with Gasteiger partial charge in [0.05, 0.1) is 5.88 Å². The Balaban J connectivity index is 0. The van der Waals surface area contributed by atoms with Crippen LogP contribution in [0.5, 0.6) is 0 Å². The fourth-order valence-corrected chi connectivity index (χ4v) is 0. The molecular formula is C2H3Cl3O. The van der Waals surface area contributed by atoms with E-state index in [0.29, 0.717) is 0 Å². The molecule has 0 fully saturated rings. The van der Waals surface area contributed by atoms with Crippen LogP contribution in [-0.4, -0.2) is 11.1 Å². The van der Waals surface area contributed by atoms with E-state index in [9.17, 15) is 4.79 Å². The highest BCUT2D eigenvalue weighted by Gasteiger charge is 1.83. The molecule has 0 atom stereocenters. The summed E-state index contributed by atoms with van der Waals surface area (Å²) in [7, 11) is 0. The fraction of sp³-hybridized carbons (Fsp3) is 0.500. The predicted octanol–water partition coefficient (Wildman–Crippen LogP) is 1.41. The van der Waals surface area contributed by atoms with Crippen LogP contribution in [0.2, 0.25) is 0 Å². The van der Waals surface area contributed by atoms with Gasteiger partial charge in [-0.15, -0.1) is 24.0 Å². The summed E-state index contributed by atoms with van der Waals surface area (Å²) >= 11 is 9.55. The maximum atomic E-state index is 9.45. The first-order chi connectivity index (χ1) is 2.27. The minimum atomic E-state index is -0.508. The molecule has 0 N–H and O–H groups in total. The van der Waals surface area contributed by atoms with Crippen molar-refractivity contribution in [2.45, 2.75) is 0 Å². The van der Waals surface area contributed by atoms with Gasteiger partial charge in [0.15, 0.2) is 0 Å². The standard InChI is InChI=1S/C2H2Cl2O.ClH/c3-1-2(4)5;/h1H2;1H. The first-order valence-electron chi connectivity index (χ1n) is 1.01. The molecule has 0 aromatic rings. The molecule has 0 saturated heterocycles. The largest absolute Gasteiger partial charge is 0.280 e. The van der Waals surface area contributed by atoms with Crippen molar-refractivity contribution in [1.82, 2.24) is 0 Å². The van der Waals surface area contributed by atoms with Crippen molar-refractivity contribution in [2.75, 3.05) is 5.88 Å². The Morgan fingerprint density at radius 3 is 1.83 bits per heavy atom. The summed E-state index contributed by atoms with van der Waals surface area (Å²) in [6.45, 7) is 0. The van der Waals surface area contributed by atoms with Crippen molar-refractivity contribution in [3.63, 3.8) is 0 Å². The first kappa shape index (κ1) is 9.74. The van der Waals surface area contributed by atoms with Gasteiger partial charge in [0.2, 0.25) is 5.24 Å². The Morgan fingerprint density at radius 1 is 1.67 bits per heavy atom. The lowest BCUT2D eigenvalue weighted by molar-refractivity contribution is -0.109. The Bertz CT molecular complexity index is 44.1. The monoisotopic (exact) mass is 148 g/mol. The molecule has 0 amide bonds. The molecule has 0 unspecified atom stereocenters. The molecule has 0 aliphatic rings. The van der Waals surface area contributed by atoms with Crippen LogP contribution in [0.3, 0.4) is 0 Å². The van der Waals surface area contributed by atoms with Crippen LogP contribution >= 0.6 is 35.6 Å². The molecule has 0 aliphatic carbocycles. The molecule has 38 valence electrons. The van der Waals surface area contributed by atoms with Gasteiger partial charge in [0.25, 0.3) is 0 Å². The van der Waals surface area contributed by atoms with E-state index in [2.05, 4.69) is 0 Å². The average Bonchev–Trinajstić information content (AvgIpc) is 1.38. The Kier molecular flexibility index (Phi) is 8.99. The van der Waals surface area contributed by atoms with E-state index >= 15 is 0 Å². The molecule has 4 heteroatoms. The third kappa shape index (κ3) is 8.82. The predicted molar refractivity (Wildman–Crippen MR) is 28.8 cm³/mol. The molecule has 6 heavy (non-hydrogen) atoms. The zero-order chi connectivity index (χ0) is 4.28. The van der Waals surface area contributed by atoms with Crippen molar-refractivity contribution in [1.29, 1.82) is 0 Å². The van der Waals surface area contributed by atoms with Gasteiger partial charge in [-0.25, -0.2) is 0 Å². The van der Waals surface area contributed by atoms with Crippen LogP contribution in [0.25, 0.3) is 0 Å². The summed E-state index contributed by atoms with van der Waals surface area (Å²) < 4.78 is 0. The molecule has 0 radical (unpaired) electrons. The Morgan fingerprint density at radius 2 is 1.83 bits per heavy atom. The van der Waals surface area contributed by atoms with Crippen LogP contribution in [0, 0.1) is 0 Å². The number of halogens is 3. The molecule has 0 aliphatic heterocycles. The minimum Gasteiger partial charge on any atom is -0.280 e. The molecule has 1 nitrogen and oxygen atoms in total. The van der Waals surface area contributed by atoms with Crippen LogP contribution in [0.1, 0.15) is 0 Å². The Hall–Kier alpha value is 0.540. The third-order valence-corrected chi connectivity index (χ3v) is 0.618. The number of hydrogen-bond donors (Lipinski definition) is 0. The van der Waals surface area contributed by atoms with Gasteiger partial charge < -0.3 is 0 Å². The molecule has 0 heterocycles. The summed E-state index contributed by atoms with van der Waals surface area (Å²) in [5.41, 5.74) is 0. The van der Waals surface area contributed by atoms with E-state index < -0.39 is 5.24 Å². The maximum Gasteiger partial charge on any atom is 0.236 e. The minimum absolute atomic E-state index is 0. The maximum absolute atomic E-state index is 9.45. The average molecular weight is 149 g/mol. The second kappa shape index (κ2) is 5.54. The summed E-state index contributed by atoms with van der Waals surface area (Å²) in [6.07, 6.45) is 0. The van der Waals surface area contributed by atoms with Gasteiger partial charge in [0.1, 0.15) is 0 Å². The van der Waals surface area contributed by atoms with Gasteiger partial charge in [0, 0.05) is 0 Å². The lowest BCUT2D eigenvalue weighted by atomic mass is 10.9. The molecule has 0 spiro atoms. The molecule has 0 bridgehead atoms. The van der Waals surface area contributed by atoms with E-state index in [1.807, 2.05) is 0 Å². The van der Waals surface area contributed by atoms with Crippen molar-refractivity contribution < 1.29 is 4.79 Å². The smallest absolute Gasteiger partial charge is 0.236 e. The molecular weight excluding hydrogens is 146 g/mol. The highest BCUT2D eigenvalue weighted by atomic mass is 35.5. The van der Waals surface area contributed by atoms with Crippen LogP contribution in [0.15, 0.2) is 0 Å². The lowest BCUT2D eigenvalue weighted by Gasteiger charge is -1.65. The highest BCUT2D eigenvalue weighted by molar-refractivity contribution is 6.67. The number of carbonyl (C=O) groups excluding carboxylic acids is 1. The summed E-state index contributed by atoms with van der Waals surface area (Å²) in [5.74, 6) is -0.0957. The number of hydrogen-bond acceptors (Lipinski definition) is 1. The zero-order valence-corrected chi connectivity index (χ0v) is 5.11. The van der Waals surface area contributed by atoms with Gasteiger partial charge in [-0.05, 0) is 11.6 Å². The van der Waals surface area contributed by atoms with Crippen molar-refractivity contribution in [2.24, 2.45) is 0 Å². The normalized spacial score (nSPS) is 6.33. The van der Waals surface area contributed by atoms with E-state index in [0.717, 1.165) is 0 Å². The second-order valence-corrected chi connectivity index (χ2v) is 1.18. The topological polar surface area (TPSA) is 17.1 Å². The van der Waals surface area contributed by atoms with E-state index in [1.165, 1.54) is 0 Å². The van der Waals surface area contributed by atoms with E-state index in [4.69, 9.17) is 23.2 Å². The van der Waals surface area contributed by atoms with Gasteiger partial charge in [-0.2, -0.15) is 0 Å². The number of rotatable bonds is 1. The van der Waals surface area contributed by atoms with Crippen LogP contribution < -0.4 is 0 Å². The lowest BCUT2D eigenvalue weighted by Crippen LogP contribution is -1.81. The van der Waals surface area contributed by atoms with E-state index in [1.54, 1.807) is 0 Å². The van der Waals surface area contributed by atoms with Crippen molar-refractivity contribution in [3.8, 4) is 0 Å². The van der Waals surface area contributed by atoms with Crippen LogP contribution in [-0.2, 0) is 4.79 Å². The van der Waals surface area contributed by atoms with Gasteiger partial charge in [-0.3, -0.25) is 4.79 Å². The fourth-order valence-electron chi connectivity index (χ4n) is 0. The molecule has 0 aromatic carbocycles. The second-order valence-electron chi connectivity index (χ2n) is 0.489. The highest BCUT2D eigenvalue weighted by Crippen LogP contribution is 1.80. The van der Waals surface area contributed by atoms with Gasteiger partial charge >= 0.3 is 0 Å². The Labute approximate surface area is 52.0 Å². The third-order valence-electron chi connectivity index (χ3n) is 0.105. The van der Waals surface area contributed by atoms with E-state index in [-0.39, 0.29) is 18.3 Å². The quantitative estimate of drug-likeness (QED) is 0.407. The molecule has 0 rings (SSSR count). The van der Waals surface area contributed by atoms with Crippen molar-refractivity contribution in [3.05, 3.63) is 0 Å². The summed E-state index contributed by atoms with van der Waals surface area (Å²) in [5, 5.41) is -0.508. The SMILES string of the molecule is Cl.O=C(Cl)CCl. The zero-order valence-electron chi connectivity index (χ0n) is 2.78. The van der Waals surface area contributed by atoms with Gasteiger partial charge in [-0.1, -0.05) is 0 Å². The van der Waals surface area contributed by atoms with Crippen LogP contribution in [0.4, 0.5) is 0 Å². The summed E-state index contributed by atoms with van der Waals surface area (Å²) in [6, 6.07) is 0. The first-order valence-corrected chi connectivity index (χ1v) is 1.93. The van der Waals surface area contributed by atoms with Crippen molar-refractivity contribution >= 4 is 40.9 Å². The number of carbonyl (C=O) groups is 1. The molecule has 0 aromatic heterocycles. The summed E-state index contributed by atoms with van der Waals surface area (Å²) in [4.78, 5) is 9.45. The number of alkyl halides is 1. The molecule has 0 saturated carbocycles.